The molecule has 11 nitrogen and oxygen atoms in total. The second kappa shape index (κ2) is 10.1. The number of hydrogen-bond donors (Lipinski definition) is 1. The first-order valence-electron chi connectivity index (χ1n) is 12.2. The van der Waals surface area contributed by atoms with E-state index in [0.29, 0.717) is 40.8 Å². The summed E-state index contributed by atoms with van der Waals surface area (Å²) in [7, 11) is 0. The zero-order valence-corrected chi connectivity index (χ0v) is 21.4. The average Bonchev–Trinajstić information content (AvgIpc) is 3.48. The number of rotatable bonds is 5. The molecule has 0 spiro atoms. The monoisotopic (exact) mass is 502 g/mol. The van der Waals surface area contributed by atoms with E-state index in [1.165, 1.54) is 6.20 Å². The molecule has 1 aliphatic heterocycles. The van der Waals surface area contributed by atoms with Crippen LogP contribution in [0.5, 0.6) is 0 Å². The third-order valence-electron chi connectivity index (χ3n) is 6.16. The number of pyridine rings is 2. The van der Waals surface area contributed by atoms with Crippen LogP contribution in [0.3, 0.4) is 0 Å². The van der Waals surface area contributed by atoms with Gasteiger partial charge in [0.1, 0.15) is 11.5 Å². The van der Waals surface area contributed by atoms with Crippen LogP contribution in [0, 0.1) is 6.92 Å². The maximum atomic E-state index is 12.9. The summed E-state index contributed by atoms with van der Waals surface area (Å²) in [6.45, 7) is 11.1. The Morgan fingerprint density at radius 2 is 1.95 bits per heavy atom. The predicted octanol–water partition coefficient (Wildman–Crippen LogP) is 3.80. The number of hydrogen-bond acceptors (Lipinski definition) is 9. The smallest absolute Gasteiger partial charge is 0.258 e. The number of amides is 1. The van der Waals surface area contributed by atoms with Gasteiger partial charge in [-0.2, -0.15) is 0 Å². The Morgan fingerprint density at radius 3 is 2.76 bits per heavy atom. The number of aryl methyl sites for hydroxylation is 1. The van der Waals surface area contributed by atoms with Crippen molar-refractivity contribution in [3.05, 3.63) is 60.0 Å². The number of nitrogens with zero attached hydrogens (tertiary/aromatic N) is 7. The number of ether oxygens (including phenoxy) is 1. The number of nitrogens with one attached hydrogen (secondary N) is 1. The highest BCUT2D eigenvalue weighted by Crippen LogP contribution is 2.26. The summed E-state index contributed by atoms with van der Waals surface area (Å²) in [5, 5.41) is 15.4. The lowest BCUT2D eigenvalue weighted by molar-refractivity contribution is 0.102. The first kappa shape index (κ1) is 24.6. The van der Waals surface area contributed by atoms with Crippen molar-refractivity contribution in [2.75, 3.05) is 36.5 Å². The molecule has 1 saturated heterocycles. The van der Waals surface area contributed by atoms with E-state index in [-0.39, 0.29) is 11.3 Å². The molecule has 1 amide bonds. The van der Waals surface area contributed by atoms with Crippen LogP contribution in [0.15, 0.2) is 47.5 Å². The summed E-state index contributed by atoms with van der Waals surface area (Å²) in [4.78, 5) is 24.0. The molecule has 0 radical (unpaired) electrons. The van der Waals surface area contributed by atoms with Gasteiger partial charge in [0, 0.05) is 49.1 Å². The molecule has 4 aromatic rings. The summed E-state index contributed by atoms with van der Waals surface area (Å²) in [5.41, 5.74) is 4.06. The van der Waals surface area contributed by atoms with Crippen molar-refractivity contribution in [1.82, 2.24) is 30.1 Å². The Hall–Kier alpha value is -4.12. The average molecular weight is 503 g/mol. The Bertz CT molecular complexity index is 1400. The molecule has 0 saturated carbocycles. The highest BCUT2D eigenvalue weighted by molar-refractivity contribution is 6.03. The van der Waals surface area contributed by atoms with Crippen molar-refractivity contribution < 1.29 is 14.1 Å². The molecule has 5 rings (SSSR count). The fourth-order valence-corrected chi connectivity index (χ4v) is 4.01. The number of anilines is 2. The lowest BCUT2D eigenvalue weighted by atomic mass is 9.93. The van der Waals surface area contributed by atoms with E-state index in [2.05, 4.69) is 41.7 Å². The lowest BCUT2D eigenvalue weighted by Crippen LogP contribution is -2.25. The molecular formula is C26H30N8O3. The Morgan fingerprint density at radius 1 is 1.08 bits per heavy atom. The van der Waals surface area contributed by atoms with Gasteiger partial charge in [0.2, 0.25) is 0 Å². The van der Waals surface area contributed by atoms with Gasteiger partial charge in [-0.3, -0.25) is 14.8 Å². The molecule has 0 aliphatic carbocycles. The SMILES string of the molecule is Cc1ncc(C(=O)Nc2cc(C(C)(C)C)on2)cc1-n1cc(-c2cncc(N3CCCOCC3)c2)nn1. The zero-order valence-electron chi connectivity index (χ0n) is 21.4. The van der Waals surface area contributed by atoms with E-state index >= 15 is 0 Å². The predicted molar refractivity (Wildman–Crippen MR) is 138 cm³/mol. The minimum atomic E-state index is -0.346. The van der Waals surface area contributed by atoms with Crippen LogP contribution in [0.4, 0.5) is 11.5 Å². The molecule has 5 heterocycles. The van der Waals surface area contributed by atoms with Crippen LogP contribution in [-0.4, -0.2) is 62.3 Å². The fourth-order valence-electron chi connectivity index (χ4n) is 4.01. The summed E-state index contributed by atoms with van der Waals surface area (Å²) >= 11 is 0. The molecule has 1 fully saturated rings. The standard InChI is InChI=1S/C26H30N8O3/c1-17-22(11-19(14-28-17)25(35)29-24-12-23(37-31-24)26(2,3)4)34-16-21(30-32-34)18-10-20(15-27-13-18)33-6-5-8-36-9-7-33/h10-16H,5-9H2,1-4H3,(H,29,31,35). The number of carbonyl (C=O) groups is 1. The van der Waals surface area contributed by atoms with Crippen molar-refractivity contribution in [2.24, 2.45) is 0 Å². The highest BCUT2D eigenvalue weighted by atomic mass is 16.5. The molecular weight excluding hydrogens is 472 g/mol. The normalized spacial score (nSPS) is 14.4. The van der Waals surface area contributed by atoms with Crippen LogP contribution < -0.4 is 10.2 Å². The fraction of sp³-hybridized carbons (Fsp3) is 0.385. The van der Waals surface area contributed by atoms with Gasteiger partial charge < -0.3 is 19.5 Å². The van der Waals surface area contributed by atoms with E-state index in [1.54, 1.807) is 23.0 Å². The Labute approximate surface area is 214 Å². The van der Waals surface area contributed by atoms with Gasteiger partial charge in [-0.1, -0.05) is 31.1 Å². The molecule has 11 heteroatoms. The molecule has 4 aromatic heterocycles. The lowest BCUT2D eigenvalue weighted by Gasteiger charge is -2.21. The maximum Gasteiger partial charge on any atom is 0.258 e. The van der Waals surface area contributed by atoms with Crippen LogP contribution in [0.25, 0.3) is 16.9 Å². The summed E-state index contributed by atoms with van der Waals surface area (Å²) in [5.74, 6) is 0.688. The minimum absolute atomic E-state index is 0.212. The molecule has 1 N–H and O–H groups in total. The summed E-state index contributed by atoms with van der Waals surface area (Å²) in [6.07, 6.45) is 7.94. The van der Waals surface area contributed by atoms with Crippen molar-refractivity contribution in [3.8, 4) is 16.9 Å². The minimum Gasteiger partial charge on any atom is -0.380 e. The van der Waals surface area contributed by atoms with Crippen LogP contribution in [-0.2, 0) is 10.2 Å². The molecule has 1 aliphatic rings. The summed E-state index contributed by atoms with van der Waals surface area (Å²) in [6, 6.07) is 5.52. The van der Waals surface area contributed by atoms with Crippen molar-refractivity contribution in [1.29, 1.82) is 0 Å². The first-order valence-corrected chi connectivity index (χ1v) is 12.2. The number of carbonyl (C=O) groups excluding carboxylic acids is 1. The third kappa shape index (κ3) is 5.51. The molecule has 37 heavy (non-hydrogen) atoms. The largest absolute Gasteiger partial charge is 0.380 e. The molecule has 0 aromatic carbocycles. The van der Waals surface area contributed by atoms with Crippen LogP contribution >= 0.6 is 0 Å². The van der Waals surface area contributed by atoms with Crippen molar-refractivity contribution in [3.63, 3.8) is 0 Å². The van der Waals surface area contributed by atoms with Gasteiger partial charge in [-0.05, 0) is 25.5 Å². The quantitative estimate of drug-likeness (QED) is 0.434. The Balaban J connectivity index is 1.36. The molecule has 192 valence electrons. The van der Waals surface area contributed by atoms with Gasteiger partial charge >= 0.3 is 0 Å². The molecule has 0 bridgehead atoms. The molecule has 0 atom stereocenters. The van der Waals surface area contributed by atoms with Gasteiger partial charge in [-0.25, -0.2) is 4.68 Å². The number of aromatic nitrogens is 6. The van der Waals surface area contributed by atoms with Crippen LogP contribution in [0.2, 0.25) is 0 Å². The van der Waals surface area contributed by atoms with E-state index in [9.17, 15) is 4.79 Å². The van der Waals surface area contributed by atoms with Crippen LogP contribution in [0.1, 0.15) is 49.0 Å². The van der Waals surface area contributed by atoms with Gasteiger partial charge in [0.25, 0.3) is 5.91 Å². The van der Waals surface area contributed by atoms with Crippen molar-refractivity contribution >= 4 is 17.4 Å². The first-order chi connectivity index (χ1) is 17.8. The van der Waals surface area contributed by atoms with E-state index in [1.807, 2.05) is 40.1 Å². The van der Waals surface area contributed by atoms with Gasteiger partial charge in [-0.15, -0.1) is 5.10 Å². The highest BCUT2D eigenvalue weighted by Gasteiger charge is 2.21. The van der Waals surface area contributed by atoms with Gasteiger partial charge in [0.05, 0.1) is 41.6 Å². The molecule has 0 unspecified atom stereocenters. The second-order valence-electron chi connectivity index (χ2n) is 10.0. The third-order valence-corrected chi connectivity index (χ3v) is 6.16. The topological polar surface area (TPSA) is 124 Å². The van der Waals surface area contributed by atoms with Crippen molar-refractivity contribution in [2.45, 2.75) is 39.5 Å². The summed E-state index contributed by atoms with van der Waals surface area (Å²) < 4.78 is 12.5. The zero-order chi connectivity index (χ0) is 26.0. The van der Waals surface area contributed by atoms with E-state index in [0.717, 1.165) is 37.4 Å². The Kier molecular flexibility index (Phi) is 6.70. The van der Waals surface area contributed by atoms with E-state index < -0.39 is 0 Å². The maximum absolute atomic E-state index is 12.9. The second-order valence-corrected chi connectivity index (χ2v) is 10.0. The van der Waals surface area contributed by atoms with Gasteiger partial charge in [0.15, 0.2) is 5.82 Å². The van der Waals surface area contributed by atoms with E-state index in [4.69, 9.17) is 9.26 Å².